The summed E-state index contributed by atoms with van der Waals surface area (Å²) in [6.07, 6.45) is 0.0836. The number of amides is 4. The number of imide groups is 1. The lowest BCUT2D eigenvalue weighted by Crippen LogP contribution is -2.39. The fourth-order valence-corrected chi connectivity index (χ4v) is 2.10. The van der Waals surface area contributed by atoms with E-state index in [-0.39, 0.29) is 18.9 Å². The van der Waals surface area contributed by atoms with Crippen LogP contribution in [0.1, 0.15) is 18.9 Å². The van der Waals surface area contributed by atoms with E-state index in [4.69, 9.17) is 17.3 Å². The third-order valence-electron chi connectivity index (χ3n) is 3.21. The van der Waals surface area contributed by atoms with Gasteiger partial charge in [0.05, 0.1) is 6.54 Å². The van der Waals surface area contributed by atoms with Gasteiger partial charge in [-0.3, -0.25) is 19.8 Å². The van der Waals surface area contributed by atoms with Crippen molar-refractivity contribution in [2.45, 2.75) is 20.3 Å². The molecule has 0 fully saturated rings. The maximum atomic E-state index is 12.1. The number of halogens is 1. The number of benzene rings is 1. The number of anilines is 1. The Bertz CT molecular complexity index is 592. The lowest BCUT2D eigenvalue weighted by Gasteiger charge is -2.19. The summed E-state index contributed by atoms with van der Waals surface area (Å²) in [6, 6.07) is 4.38. The van der Waals surface area contributed by atoms with Crippen LogP contribution in [0.2, 0.25) is 5.02 Å². The van der Waals surface area contributed by atoms with E-state index >= 15 is 0 Å². The third kappa shape index (κ3) is 7.12. The van der Waals surface area contributed by atoms with Crippen LogP contribution in [0.15, 0.2) is 18.2 Å². The Kier molecular flexibility index (Phi) is 7.50. The van der Waals surface area contributed by atoms with Crippen LogP contribution in [0, 0.1) is 6.92 Å². The zero-order valence-electron chi connectivity index (χ0n) is 13.2. The van der Waals surface area contributed by atoms with E-state index in [0.29, 0.717) is 23.8 Å². The molecule has 23 heavy (non-hydrogen) atoms. The van der Waals surface area contributed by atoms with Crippen molar-refractivity contribution in [1.29, 1.82) is 0 Å². The van der Waals surface area contributed by atoms with Gasteiger partial charge in [-0.05, 0) is 31.2 Å². The highest BCUT2D eigenvalue weighted by Gasteiger charge is 2.13. The van der Waals surface area contributed by atoms with Crippen molar-refractivity contribution in [2.24, 2.45) is 5.73 Å². The minimum absolute atomic E-state index is 0.0836. The average Bonchev–Trinajstić information content (AvgIpc) is 2.46. The summed E-state index contributed by atoms with van der Waals surface area (Å²) < 4.78 is 0. The number of nitrogens with two attached hydrogens (primary N) is 1. The van der Waals surface area contributed by atoms with E-state index in [1.54, 1.807) is 17.0 Å². The molecule has 0 aromatic heterocycles. The molecule has 1 aromatic carbocycles. The van der Waals surface area contributed by atoms with Gasteiger partial charge in [-0.25, -0.2) is 4.79 Å². The SMILES string of the molecule is CCN(CCC(=O)NC(N)=O)CC(=O)Nc1cc(Cl)ccc1C. The van der Waals surface area contributed by atoms with Crippen molar-refractivity contribution in [3.8, 4) is 0 Å². The molecule has 4 N–H and O–H groups in total. The quantitative estimate of drug-likeness (QED) is 0.699. The number of nitrogens with one attached hydrogen (secondary N) is 2. The van der Waals surface area contributed by atoms with Crippen LogP contribution in [0.4, 0.5) is 10.5 Å². The number of aryl methyl sites for hydroxylation is 1. The predicted molar refractivity (Wildman–Crippen MR) is 89.3 cm³/mol. The van der Waals surface area contributed by atoms with E-state index in [1.165, 1.54) is 0 Å². The molecule has 0 unspecified atom stereocenters. The van der Waals surface area contributed by atoms with Crippen molar-refractivity contribution >= 4 is 35.1 Å². The molecule has 0 spiro atoms. The molecule has 8 heteroatoms. The predicted octanol–water partition coefficient (Wildman–Crippen LogP) is 1.49. The Morgan fingerprint density at radius 3 is 2.57 bits per heavy atom. The first-order valence-electron chi connectivity index (χ1n) is 7.19. The molecule has 0 saturated carbocycles. The maximum absolute atomic E-state index is 12.1. The molecule has 1 rings (SSSR count). The van der Waals surface area contributed by atoms with E-state index in [2.05, 4.69) is 5.32 Å². The molecule has 0 aliphatic carbocycles. The summed E-state index contributed by atoms with van der Waals surface area (Å²) >= 11 is 5.92. The van der Waals surface area contributed by atoms with Gasteiger partial charge >= 0.3 is 6.03 Å². The Balaban J connectivity index is 2.51. The standard InChI is InChI=1S/C15H21ClN4O3/c1-3-20(7-6-13(21)19-15(17)23)9-14(22)18-12-8-11(16)5-4-10(12)2/h4-5,8H,3,6-7,9H2,1-2H3,(H,18,22)(H3,17,19,21,23). The smallest absolute Gasteiger partial charge is 0.318 e. The second-order valence-electron chi connectivity index (χ2n) is 5.04. The van der Waals surface area contributed by atoms with Gasteiger partial charge in [-0.15, -0.1) is 0 Å². The first-order valence-corrected chi connectivity index (χ1v) is 7.57. The molecular weight excluding hydrogens is 320 g/mol. The molecule has 1 aromatic rings. The van der Waals surface area contributed by atoms with Gasteiger partial charge < -0.3 is 11.1 Å². The number of hydrogen-bond acceptors (Lipinski definition) is 4. The fourth-order valence-electron chi connectivity index (χ4n) is 1.93. The van der Waals surface area contributed by atoms with Gasteiger partial charge in [0, 0.05) is 23.7 Å². The molecule has 0 bridgehead atoms. The van der Waals surface area contributed by atoms with Crippen molar-refractivity contribution in [1.82, 2.24) is 10.2 Å². The normalized spacial score (nSPS) is 10.4. The van der Waals surface area contributed by atoms with E-state index in [1.807, 2.05) is 25.2 Å². The number of primary amides is 1. The van der Waals surface area contributed by atoms with E-state index < -0.39 is 11.9 Å². The largest absolute Gasteiger partial charge is 0.351 e. The Morgan fingerprint density at radius 2 is 1.96 bits per heavy atom. The van der Waals surface area contributed by atoms with Crippen molar-refractivity contribution in [3.05, 3.63) is 28.8 Å². The number of nitrogens with zero attached hydrogens (tertiary/aromatic N) is 1. The average molecular weight is 341 g/mol. The maximum Gasteiger partial charge on any atom is 0.318 e. The molecule has 4 amide bonds. The molecular formula is C15H21ClN4O3. The number of carbonyl (C=O) groups excluding carboxylic acids is 3. The molecule has 0 heterocycles. The van der Waals surface area contributed by atoms with Crippen LogP contribution < -0.4 is 16.4 Å². The molecule has 0 saturated heterocycles. The van der Waals surface area contributed by atoms with Gasteiger partial charge in [0.2, 0.25) is 11.8 Å². The number of carbonyl (C=O) groups is 3. The molecule has 0 radical (unpaired) electrons. The number of hydrogen-bond donors (Lipinski definition) is 3. The summed E-state index contributed by atoms with van der Waals surface area (Å²) in [6.45, 7) is 4.82. The zero-order valence-corrected chi connectivity index (χ0v) is 13.9. The Hall–Kier alpha value is -2.12. The first kappa shape index (κ1) is 18.9. The van der Waals surface area contributed by atoms with Gasteiger partial charge in [0.1, 0.15) is 0 Å². The highest BCUT2D eigenvalue weighted by atomic mass is 35.5. The topological polar surface area (TPSA) is 105 Å². The molecule has 126 valence electrons. The van der Waals surface area contributed by atoms with Crippen molar-refractivity contribution in [2.75, 3.05) is 25.0 Å². The zero-order chi connectivity index (χ0) is 17.4. The minimum atomic E-state index is -0.882. The van der Waals surface area contributed by atoms with Gasteiger partial charge in [-0.1, -0.05) is 24.6 Å². The number of urea groups is 1. The molecule has 0 atom stereocenters. The van der Waals surface area contributed by atoms with Gasteiger partial charge in [0.15, 0.2) is 0 Å². The lowest BCUT2D eigenvalue weighted by atomic mass is 10.2. The summed E-state index contributed by atoms with van der Waals surface area (Å²) in [5, 5.41) is 5.33. The second kappa shape index (κ2) is 9.12. The van der Waals surface area contributed by atoms with Gasteiger partial charge in [0.25, 0.3) is 0 Å². The highest BCUT2D eigenvalue weighted by Crippen LogP contribution is 2.20. The fraction of sp³-hybridized carbons (Fsp3) is 0.400. The van der Waals surface area contributed by atoms with Crippen LogP contribution in [-0.2, 0) is 9.59 Å². The summed E-state index contributed by atoms with van der Waals surface area (Å²) in [4.78, 5) is 35.8. The highest BCUT2D eigenvalue weighted by molar-refractivity contribution is 6.31. The number of rotatable bonds is 7. The Morgan fingerprint density at radius 1 is 1.26 bits per heavy atom. The summed E-state index contributed by atoms with van der Waals surface area (Å²) in [5.74, 6) is -0.672. The minimum Gasteiger partial charge on any atom is -0.351 e. The molecule has 7 nitrogen and oxygen atoms in total. The van der Waals surface area contributed by atoms with E-state index in [0.717, 1.165) is 5.56 Å². The van der Waals surface area contributed by atoms with Crippen LogP contribution >= 0.6 is 11.6 Å². The number of likely N-dealkylation sites (N-methyl/N-ethyl adjacent to an activating group) is 1. The second-order valence-corrected chi connectivity index (χ2v) is 5.48. The van der Waals surface area contributed by atoms with Crippen LogP contribution in [0.25, 0.3) is 0 Å². The van der Waals surface area contributed by atoms with Crippen molar-refractivity contribution < 1.29 is 14.4 Å². The summed E-state index contributed by atoms with van der Waals surface area (Å²) in [7, 11) is 0. The lowest BCUT2D eigenvalue weighted by molar-refractivity contribution is -0.121. The van der Waals surface area contributed by atoms with Crippen LogP contribution in [0.5, 0.6) is 0 Å². The van der Waals surface area contributed by atoms with Crippen molar-refractivity contribution in [3.63, 3.8) is 0 Å². The summed E-state index contributed by atoms with van der Waals surface area (Å²) in [5.41, 5.74) is 6.43. The van der Waals surface area contributed by atoms with Gasteiger partial charge in [-0.2, -0.15) is 0 Å². The third-order valence-corrected chi connectivity index (χ3v) is 3.44. The Labute approximate surface area is 140 Å². The van der Waals surface area contributed by atoms with Crippen LogP contribution in [-0.4, -0.2) is 42.4 Å². The monoisotopic (exact) mass is 340 g/mol. The molecule has 0 aliphatic rings. The van der Waals surface area contributed by atoms with Crippen LogP contribution in [0.3, 0.4) is 0 Å². The first-order chi connectivity index (χ1) is 10.8. The van der Waals surface area contributed by atoms with E-state index in [9.17, 15) is 14.4 Å². The molecule has 0 aliphatic heterocycles.